The molecule has 0 aromatic heterocycles. The van der Waals surface area contributed by atoms with Gasteiger partial charge in [-0.2, -0.15) is 0 Å². The molecule has 2 aliphatic rings. The van der Waals surface area contributed by atoms with Crippen molar-refractivity contribution in [3.05, 3.63) is 0 Å². The molecule has 0 bridgehead atoms. The van der Waals surface area contributed by atoms with Crippen molar-refractivity contribution in [2.75, 3.05) is 20.1 Å². The van der Waals surface area contributed by atoms with Crippen molar-refractivity contribution >= 4 is 0 Å². The molecule has 2 rings (SSSR count). The van der Waals surface area contributed by atoms with Crippen LogP contribution in [0.4, 0.5) is 0 Å². The summed E-state index contributed by atoms with van der Waals surface area (Å²) in [6, 6.07) is 1.56. The molecule has 16 heavy (non-hydrogen) atoms. The first-order valence-corrected chi connectivity index (χ1v) is 7.05. The van der Waals surface area contributed by atoms with Crippen molar-refractivity contribution in [1.29, 1.82) is 0 Å². The van der Waals surface area contributed by atoms with Gasteiger partial charge >= 0.3 is 0 Å². The fraction of sp³-hybridized carbons (Fsp3) is 1.00. The van der Waals surface area contributed by atoms with E-state index in [1.807, 2.05) is 0 Å². The molecule has 2 fully saturated rings. The largest absolute Gasteiger partial charge is 0.316 e. The number of likely N-dealkylation sites (N-methyl/N-ethyl adjacent to an activating group) is 1. The number of likely N-dealkylation sites (tertiary alicyclic amines) is 1. The topological polar surface area (TPSA) is 15.3 Å². The normalized spacial score (nSPS) is 36.2. The minimum Gasteiger partial charge on any atom is -0.316 e. The van der Waals surface area contributed by atoms with E-state index in [2.05, 4.69) is 31.1 Å². The lowest BCUT2D eigenvalue weighted by Crippen LogP contribution is -2.54. The van der Waals surface area contributed by atoms with Crippen LogP contribution in [0.5, 0.6) is 0 Å². The van der Waals surface area contributed by atoms with Crippen LogP contribution < -0.4 is 5.32 Å². The molecule has 1 aliphatic carbocycles. The molecule has 2 unspecified atom stereocenters. The third kappa shape index (κ3) is 2.60. The maximum absolute atomic E-state index is 3.46. The number of nitrogens with one attached hydrogen (secondary N) is 1. The highest BCUT2D eigenvalue weighted by Crippen LogP contribution is 2.39. The predicted molar refractivity (Wildman–Crippen MR) is 69.7 cm³/mol. The molecular formula is C14H28N2. The summed E-state index contributed by atoms with van der Waals surface area (Å²) in [6.45, 7) is 7.54. The molecule has 1 saturated carbocycles. The van der Waals surface area contributed by atoms with Gasteiger partial charge in [0.15, 0.2) is 0 Å². The summed E-state index contributed by atoms with van der Waals surface area (Å²) in [4.78, 5) is 2.77. The van der Waals surface area contributed by atoms with E-state index in [4.69, 9.17) is 0 Å². The maximum Gasteiger partial charge on any atom is 0.0192 e. The second-order valence-electron chi connectivity index (χ2n) is 6.37. The molecule has 2 atom stereocenters. The van der Waals surface area contributed by atoms with Gasteiger partial charge < -0.3 is 5.32 Å². The van der Waals surface area contributed by atoms with Crippen molar-refractivity contribution in [2.45, 2.75) is 64.5 Å². The summed E-state index contributed by atoms with van der Waals surface area (Å²) < 4.78 is 0. The monoisotopic (exact) mass is 224 g/mol. The molecule has 0 spiro atoms. The van der Waals surface area contributed by atoms with Crippen molar-refractivity contribution < 1.29 is 0 Å². The third-order valence-electron chi connectivity index (χ3n) is 4.75. The number of hydrogen-bond acceptors (Lipinski definition) is 2. The Hall–Kier alpha value is -0.0800. The Kier molecular flexibility index (Phi) is 3.91. The lowest BCUT2D eigenvalue weighted by molar-refractivity contribution is 0.0276. The summed E-state index contributed by atoms with van der Waals surface area (Å²) in [5.41, 5.74) is 0.536. The van der Waals surface area contributed by atoms with Gasteiger partial charge in [-0.25, -0.2) is 0 Å². The van der Waals surface area contributed by atoms with Gasteiger partial charge in [0.1, 0.15) is 0 Å². The molecule has 0 aromatic rings. The van der Waals surface area contributed by atoms with Gasteiger partial charge in [-0.05, 0) is 44.7 Å². The van der Waals surface area contributed by atoms with Gasteiger partial charge in [0.25, 0.3) is 0 Å². The first-order chi connectivity index (χ1) is 7.63. The van der Waals surface area contributed by atoms with Crippen molar-refractivity contribution in [1.82, 2.24) is 10.2 Å². The van der Waals surface area contributed by atoms with E-state index >= 15 is 0 Å². The quantitative estimate of drug-likeness (QED) is 0.776. The average Bonchev–Trinajstić information content (AvgIpc) is 2.28. The highest BCUT2D eigenvalue weighted by Gasteiger charge is 2.37. The maximum atomic E-state index is 3.46. The van der Waals surface area contributed by atoms with Gasteiger partial charge in [-0.1, -0.05) is 26.7 Å². The van der Waals surface area contributed by atoms with Crippen LogP contribution in [0.3, 0.4) is 0 Å². The van der Waals surface area contributed by atoms with E-state index in [9.17, 15) is 0 Å². The zero-order chi connectivity index (χ0) is 11.6. The Morgan fingerprint density at radius 3 is 2.62 bits per heavy atom. The first kappa shape index (κ1) is 12.4. The third-order valence-corrected chi connectivity index (χ3v) is 4.75. The molecule has 0 radical (unpaired) electrons. The summed E-state index contributed by atoms with van der Waals surface area (Å²) in [7, 11) is 2.11. The van der Waals surface area contributed by atoms with E-state index in [0.29, 0.717) is 5.41 Å². The van der Waals surface area contributed by atoms with Crippen LogP contribution in [0.1, 0.15) is 52.4 Å². The van der Waals surface area contributed by atoms with Crippen LogP contribution in [0.2, 0.25) is 0 Å². The van der Waals surface area contributed by atoms with Crippen LogP contribution in [-0.4, -0.2) is 37.1 Å². The molecule has 1 aliphatic heterocycles. The average molecular weight is 224 g/mol. The fourth-order valence-corrected chi connectivity index (χ4v) is 3.68. The van der Waals surface area contributed by atoms with Crippen LogP contribution in [0.15, 0.2) is 0 Å². The minimum absolute atomic E-state index is 0.536. The standard InChI is InChI=1S/C14H28N2/c1-14(2)9-5-4-8-13(14)16-10-6-7-12(11-16)15-3/h12-13,15H,4-11H2,1-3H3. The van der Waals surface area contributed by atoms with Crippen LogP contribution in [0.25, 0.3) is 0 Å². The second-order valence-corrected chi connectivity index (χ2v) is 6.37. The lowest BCUT2D eigenvalue weighted by Gasteiger charge is -2.48. The van der Waals surface area contributed by atoms with E-state index < -0.39 is 0 Å². The molecule has 2 nitrogen and oxygen atoms in total. The van der Waals surface area contributed by atoms with Crippen molar-refractivity contribution in [2.24, 2.45) is 5.41 Å². The Balaban J connectivity index is 1.99. The number of nitrogens with zero attached hydrogens (tertiary/aromatic N) is 1. The van der Waals surface area contributed by atoms with Crippen LogP contribution in [0, 0.1) is 5.41 Å². The molecule has 2 heteroatoms. The number of hydrogen-bond donors (Lipinski definition) is 1. The predicted octanol–water partition coefficient (Wildman–Crippen LogP) is 2.64. The Morgan fingerprint density at radius 2 is 1.94 bits per heavy atom. The first-order valence-electron chi connectivity index (χ1n) is 7.05. The van der Waals surface area contributed by atoms with Crippen LogP contribution >= 0.6 is 0 Å². The zero-order valence-corrected chi connectivity index (χ0v) is 11.3. The smallest absolute Gasteiger partial charge is 0.0192 e. The van der Waals surface area contributed by atoms with Gasteiger partial charge in [0, 0.05) is 18.6 Å². The molecular weight excluding hydrogens is 196 g/mol. The zero-order valence-electron chi connectivity index (χ0n) is 11.3. The van der Waals surface area contributed by atoms with E-state index in [1.165, 1.54) is 51.6 Å². The summed E-state index contributed by atoms with van der Waals surface area (Å²) >= 11 is 0. The molecule has 1 saturated heterocycles. The van der Waals surface area contributed by atoms with Crippen molar-refractivity contribution in [3.8, 4) is 0 Å². The van der Waals surface area contributed by atoms with Crippen LogP contribution in [-0.2, 0) is 0 Å². The Labute approximate surface area is 101 Å². The molecule has 0 aromatic carbocycles. The van der Waals surface area contributed by atoms with Gasteiger partial charge in [0.2, 0.25) is 0 Å². The Morgan fingerprint density at radius 1 is 1.12 bits per heavy atom. The van der Waals surface area contributed by atoms with Gasteiger partial charge in [0.05, 0.1) is 0 Å². The number of rotatable bonds is 2. The van der Waals surface area contributed by atoms with Crippen molar-refractivity contribution in [3.63, 3.8) is 0 Å². The molecule has 94 valence electrons. The Bertz CT molecular complexity index is 225. The molecule has 0 amide bonds. The minimum atomic E-state index is 0.536. The second kappa shape index (κ2) is 5.05. The highest BCUT2D eigenvalue weighted by atomic mass is 15.2. The van der Waals surface area contributed by atoms with E-state index in [0.717, 1.165) is 12.1 Å². The highest BCUT2D eigenvalue weighted by molar-refractivity contribution is 4.92. The van der Waals surface area contributed by atoms with Gasteiger partial charge in [-0.15, -0.1) is 0 Å². The fourth-order valence-electron chi connectivity index (χ4n) is 3.68. The summed E-state index contributed by atoms with van der Waals surface area (Å²) in [6.07, 6.45) is 8.45. The summed E-state index contributed by atoms with van der Waals surface area (Å²) in [5.74, 6) is 0. The summed E-state index contributed by atoms with van der Waals surface area (Å²) in [5, 5.41) is 3.46. The molecule has 1 N–H and O–H groups in total. The van der Waals surface area contributed by atoms with Gasteiger partial charge in [-0.3, -0.25) is 4.90 Å². The van der Waals surface area contributed by atoms with E-state index in [1.54, 1.807) is 0 Å². The van der Waals surface area contributed by atoms with E-state index in [-0.39, 0.29) is 0 Å². The SMILES string of the molecule is CNC1CCCN(C2CCCCC2(C)C)C1. The molecule has 1 heterocycles. The lowest BCUT2D eigenvalue weighted by atomic mass is 9.72. The number of piperidine rings is 1.